The summed E-state index contributed by atoms with van der Waals surface area (Å²) in [5.74, 6) is -1.11. The molecule has 0 bridgehead atoms. The molecule has 0 fully saturated rings. The van der Waals surface area contributed by atoms with Crippen LogP contribution in [0.25, 0.3) is 0 Å². The average molecular weight is 267 g/mol. The van der Waals surface area contributed by atoms with Crippen LogP contribution in [0.4, 0.5) is 10.1 Å². The van der Waals surface area contributed by atoms with Crippen LogP contribution in [0.3, 0.4) is 0 Å². The van der Waals surface area contributed by atoms with Crippen LogP contribution < -0.4 is 10.9 Å². The number of carbonyl (C=O) groups is 1. The molecular formula is C12H8ClFN2O2. The summed E-state index contributed by atoms with van der Waals surface area (Å²) in [4.78, 5) is 25.6. The predicted molar refractivity (Wildman–Crippen MR) is 66.4 cm³/mol. The van der Waals surface area contributed by atoms with Gasteiger partial charge in [-0.2, -0.15) is 0 Å². The van der Waals surface area contributed by atoms with Crippen molar-refractivity contribution in [3.8, 4) is 0 Å². The summed E-state index contributed by atoms with van der Waals surface area (Å²) in [7, 11) is 0. The van der Waals surface area contributed by atoms with Gasteiger partial charge in [0.25, 0.3) is 11.5 Å². The third-order valence-corrected chi connectivity index (χ3v) is 2.55. The normalized spacial score (nSPS) is 10.1. The molecule has 0 saturated heterocycles. The molecule has 18 heavy (non-hydrogen) atoms. The van der Waals surface area contributed by atoms with Gasteiger partial charge in [-0.25, -0.2) is 4.39 Å². The predicted octanol–water partition coefficient (Wildman–Crippen LogP) is 2.42. The summed E-state index contributed by atoms with van der Waals surface area (Å²) in [5, 5.41) is 2.38. The Morgan fingerprint density at radius 3 is 2.78 bits per heavy atom. The van der Waals surface area contributed by atoms with E-state index in [1.165, 1.54) is 18.3 Å². The minimum absolute atomic E-state index is 0.0140. The lowest BCUT2D eigenvalue weighted by Gasteiger charge is -2.05. The molecule has 1 amide bonds. The Labute approximate surface area is 106 Å². The average Bonchev–Trinajstić information content (AvgIpc) is 2.32. The number of H-pyrrole nitrogens is 1. The zero-order valence-electron chi connectivity index (χ0n) is 9.04. The molecular weight excluding hydrogens is 259 g/mol. The van der Waals surface area contributed by atoms with E-state index in [1.54, 1.807) is 6.07 Å². The van der Waals surface area contributed by atoms with Gasteiger partial charge in [0.15, 0.2) is 0 Å². The van der Waals surface area contributed by atoms with Gasteiger partial charge in [0.1, 0.15) is 11.5 Å². The van der Waals surface area contributed by atoms with Crippen LogP contribution in [0, 0.1) is 5.82 Å². The van der Waals surface area contributed by atoms with E-state index in [4.69, 9.17) is 11.6 Å². The molecule has 2 N–H and O–H groups in total. The first-order valence-electron chi connectivity index (χ1n) is 5.02. The fourth-order valence-electron chi connectivity index (χ4n) is 1.38. The van der Waals surface area contributed by atoms with Gasteiger partial charge in [-0.1, -0.05) is 11.6 Å². The molecule has 1 heterocycles. The second-order valence-electron chi connectivity index (χ2n) is 3.49. The Bertz CT molecular complexity index is 655. The molecule has 0 aliphatic rings. The third-order valence-electron chi connectivity index (χ3n) is 2.24. The summed E-state index contributed by atoms with van der Waals surface area (Å²) in [6, 6.07) is 6.43. The van der Waals surface area contributed by atoms with Crippen molar-refractivity contribution < 1.29 is 9.18 Å². The topological polar surface area (TPSA) is 62.0 Å². The highest BCUT2D eigenvalue weighted by molar-refractivity contribution is 6.34. The number of benzene rings is 1. The van der Waals surface area contributed by atoms with Gasteiger partial charge < -0.3 is 10.3 Å². The van der Waals surface area contributed by atoms with Crippen LogP contribution >= 0.6 is 11.6 Å². The lowest BCUT2D eigenvalue weighted by Crippen LogP contribution is -2.19. The smallest absolute Gasteiger partial charge is 0.271 e. The van der Waals surface area contributed by atoms with Crippen LogP contribution in [-0.2, 0) is 0 Å². The molecule has 92 valence electrons. The maximum absolute atomic E-state index is 12.8. The van der Waals surface area contributed by atoms with E-state index in [-0.39, 0.29) is 16.3 Å². The first kappa shape index (κ1) is 12.3. The van der Waals surface area contributed by atoms with Crippen LogP contribution in [0.1, 0.15) is 10.4 Å². The first-order valence-corrected chi connectivity index (χ1v) is 5.40. The molecule has 6 heteroatoms. The zero-order chi connectivity index (χ0) is 13.1. The van der Waals surface area contributed by atoms with Crippen LogP contribution in [0.5, 0.6) is 0 Å². The van der Waals surface area contributed by atoms with E-state index in [9.17, 15) is 14.0 Å². The SMILES string of the molecule is O=C(Nc1ccc[nH]c1=O)c1ccc(F)cc1Cl. The number of anilines is 1. The highest BCUT2D eigenvalue weighted by Crippen LogP contribution is 2.18. The molecule has 0 unspecified atom stereocenters. The molecule has 0 atom stereocenters. The number of rotatable bonds is 2. The Kier molecular flexibility index (Phi) is 3.43. The van der Waals surface area contributed by atoms with Gasteiger partial charge in [-0.15, -0.1) is 0 Å². The Morgan fingerprint density at radius 2 is 2.11 bits per heavy atom. The summed E-state index contributed by atoms with van der Waals surface area (Å²) in [5.41, 5.74) is -0.228. The van der Waals surface area contributed by atoms with Gasteiger partial charge in [-0.05, 0) is 30.3 Å². The fraction of sp³-hybridized carbons (Fsp3) is 0. The van der Waals surface area contributed by atoms with E-state index in [0.29, 0.717) is 0 Å². The van der Waals surface area contributed by atoms with Crippen LogP contribution in [-0.4, -0.2) is 10.9 Å². The molecule has 1 aromatic carbocycles. The van der Waals surface area contributed by atoms with Crippen molar-refractivity contribution in [2.24, 2.45) is 0 Å². The number of amides is 1. The standard InChI is InChI=1S/C12H8ClFN2O2/c13-9-6-7(14)3-4-8(9)11(17)16-10-2-1-5-15-12(10)18/h1-6H,(H,15,18)(H,16,17). The van der Waals surface area contributed by atoms with Crippen molar-refractivity contribution in [1.82, 2.24) is 4.98 Å². The highest BCUT2D eigenvalue weighted by Gasteiger charge is 2.12. The summed E-state index contributed by atoms with van der Waals surface area (Å²) < 4.78 is 12.8. The first-order chi connectivity index (χ1) is 8.58. The molecule has 2 rings (SSSR count). The number of hydrogen-bond donors (Lipinski definition) is 2. The lowest BCUT2D eigenvalue weighted by molar-refractivity contribution is 0.102. The Morgan fingerprint density at radius 1 is 1.33 bits per heavy atom. The quantitative estimate of drug-likeness (QED) is 0.877. The molecule has 0 aliphatic heterocycles. The van der Waals surface area contributed by atoms with Gasteiger partial charge in [0.05, 0.1) is 10.6 Å². The maximum Gasteiger partial charge on any atom is 0.271 e. The monoisotopic (exact) mass is 266 g/mol. The number of aromatic nitrogens is 1. The third kappa shape index (κ3) is 2.57. The highest BCUT2D eigenvalue weighted by atomic mass is 35.5. The van der Waals surface area contributed by atoms with Gasteiger partial charge in [0.2, 0.25) is 0 Å². The largest absolute Gasteiger partial charge is 0.327 e. The van der Waals surface area contributed by atoms with Crippen molar-refractivity contribution in [1.29, 1.82) is 0 Å². The van der Waals surface area contributed by atoms with Crippen molar-refractivity contribution in [2.75, 3.05) is 5.32 Å². The lowest BCUT2D eigenvalue weighted by atomic mass is 10.2. The van der Waals surface area contributed by atoms with Crippen LogP contribution in [0.15, 0.2) is 41.3 Å². The van der Waals surface area contributed by atoms with E-state index in [0.717, 1.165) is 12.1 Å². The Hall–Kier alpha value is -2.14. The van der Waals surface area contributed by atoms with E-state index in [2.05, 4.69) is 10.3 Å². The molecule has 4 nitrogen and oxygen atoms in total. The number of pyridine rings is 1. The number of carbonyl (C=O) groups excluding carboxylic acids is 1. The van der Waals surface area contributed by atoms with E-state index < -0.39 is 17.3 Å². The molecule has 0 aliphatic carbocycles. The van der Waals surface area contributed by atoms with Crippen molar-refractivity contribution in [3.63, 3.8) is 0 Å². The van der Waals surface area contributed by atoms with Gasteiger partial charge >= 0.3 is 0 Å². The Balaban J connectivity index is 2.28. The van der Waals surface area contributed by atoms with E-state index in [1.807, 2.05) is 0 Å². The molecule has 1 aromatic heterocycles. The van der Waals surface area contributed by atoms with Gasteiger partial charge in [-0.3, -0.25) is 9.59 Å². The minimum atomic E-state index is -0.572. The molecule has 0 spiro atoms. The van der Waals surface area contributed by atoms with Crippen LogP contribution in [0.2, 0.25) is 5.02 Å². The van der Waals surface area contributed by atoms with Gasteiger partial charge in [0, 0.05) is 6.20 Å². The number of nitrogens with one attached hydrogen (secondary N) is 2. The summed E-state index contributed by atoms with van der Waals surface area (Å²) in [6.07, 6.45) is 1.45. The molecule has 0 radical (unpaired) electrons. The number of hydrogen-bond acceptors (Lipinski definition) is 2. The second kappa shape index (κ2) is 5.01. The summed E-state index contributed by atoms with van der Waals surface area (Å²) in [6.45, 7) is 0. The van der Waals surface area contributed by atoms with E-state index >= 15 is 0 Å². The van der Waals surface area contributed by atoms with Crippen molar-refractivity contribution in [2.45, 2.75) is 0 Å². The molecule has 2 aromatic rings. The molecule has 0 saturated carbocycles. The number of halogens is 2. The fourth-order valence-corrected chi connectivity index (χ4v) is 1.64. The van der Waals surface area contributed by atoms with Crippen molar-refractivity contribution in [3.05, 3.63) is 63.3 Å². The second-order valence-corrected chi connectivity index (χ2v) is 3.90. The zero-order valence-corrected chi connectivity index (χ0v) is 9.79. The maximum atomic E-state index is 12.8. The minimum Gasteiger partial charge on any atom is -0.327 e. The van der Waals surface area contributed by atoms with Crippen molar-refractivity contribution >= 4 is 23.2 Å². The summed E-state index contributed by atoms with van der Waals surface area (Å²) >= 11 is 5.74. The number of aromatic amines is 1.